The van der Waals surface area contributed by atoms with E-state index >= 15 is 0 Å². The number of anilines is 3. The molecule has 23 heavy (non-hydrogen) atoms. The molecule has 3 rings (SSSR count). The quantitative estimate of drug-likeness (QED) is 0.921. The van der Waals surface area contributed by atoms with Gasteiger partial charge in [0.05, 0.1) is 11.9 Å². The number of nitrogens with one attached hydrogen (secondary N) is 1. The van der Waals surface area contributed by atoms with Gasteiger partial charge in [-0.2, -0.15) is 0 Å². The summed E-state index contributed by atoms with van der Waals surface area (Å²) in [5, 5.41) is 3.52. The zero-order valence-electron chi connectivity index (χ0n) is 13.9. The van der Waals surface area contributed by atoms with Crippen LogP contribution in [0.15, 0.2) is 24.8 Å². The summed E-state index contributed by atoms with van der Waals surface area (Å²) in [6.07, 6.45) is 7.34. The second kappa shape index (κ2) is 6.76. The van der Waals surface area contributed by atoms with Crippen LogP contribution in [-0.4, -0.2) is 53.2 Å². The number of piperidine rings is 1. The number of hydrogen-bond acceptors (Lipinski definition) is 7. The SMILES string of the molecule is Cc1cncc(N2CCC(Nc3cc(N(C)C)ncn3)CC2)n1. The average Bonchev–Trinajstić information content (AvgIpc) is 2.56. The van der Waals surface area contributed by atoms with Crippen molar-refractivity contribution in [2.75, 3.05) is 42.3 Å². The maximum Gasteiger partial charge on any atom is 0.147 e. The highest BCUT2D eigenvalue weighted by molar-refractivity contribution is 5.48. The van der Waals surface area contributed by atoms with Crippen LogP contribution in [0.3, 0.4) is 0 Å². The first-order valence-corrected chi connectivity index (χ1v) is 7.91. The van der Waals surface area contributed by atoms with Gasteiger partial charge >= 0.3 is 0 Å². The first-order valence-electron chi connectivity index (χ1n) is 7.91. The monoisotopic (exact) mass is 313 g/mol. The van der Waals surface area contributed by atoms with Crippen molar-refractivity contribution >= 4 is 17.5 Å². The first-order chi connectivity index (χ1) is 11.1. The third-order valence-electron chi connectivity index (χ3n) is 4.02. The van der Waals surface area contributed by atoms with Crippen LogP contribution in [0, 0.1) is 6.92 Å². The van der Waals surface area contributed by atoms with Gasteiger partial charge in [0.2, 0.25) is 0 Å². The van der Waals surface area contributed by atoms with Crippen molar-refractivity contribution in [1.82, 2.24) is 19.9 Å². The van der Waals surface area contributed by atoms with Crippen LogP contribution in [0.4, 0.5) is 17.5 Å². The van der Waals surface area contributed by atoms with Gasteiger partial charge in [0, 0.05) is 45.5 Å². The second-order valence-corrected chi connectivity index (χ2v) is 6.08. The van der Waals surface area contributed by atoms with Gasteiger partial charge in [-0.15, -0.1) is 0 Å². The number of hydrogen-bond donors (Lipinski definition) is 1. The van der Waals surface area contributed by atoms with Gasteiger partial charge in [-0.3, -0.25) is 4.98 Å². The van der Waals surface area contributed by atoms with Crippen molar-refractivity contribution < 1.29 is 0 Å². The summed E-state index contributed by atoms with van der Waals surface area (Å²) in [6.45, 7) is 3.92. The first kappa shape index (κ1) is 15.5. The Morgan fingerprint density at radius 3 is 2.65 bits per heavy atom. The molecule has 0 spiro atoms. The highest BCUT2D eigenvalue weighted by atomic mass is 15.2. The Balaban J connectivity index is 1.58. The lowest BCUT2D eigenvalue weighted by atomic mass is 10.1. The molecular weight excluding hydrogens is 290 g/mol. The largest absolute Gasteiger partial charge is 0.367 e. The maximum atomic E-state index is 4.55. The average molecular weight is 313 g/mol. The fraction of sp³-hybridized carbons (Fsp3) is 0.500. The van der Waals surface area contributed by atoms with Gasteiger partial charge in [0.1, 0.15) is 23.8 Å². The third kappa shape index (κ3) is 3.85. The molecule has 122 valence electrons. The van der Waals surface area contributed by atoms with Gasteiger partial charge in [0.25, 0.3) is 0 Å². The minimum absolute atomic E-state index is 0.425. The summed E-state index contributed by atoms with van der Waals surface area (Å²) in [5.74, 6) is 2.77. The minimum atomic E-state index is 0.425. The van der Waals surface area contributed by atoms with Crippen LogP contribution >= 0.6 is 0 Å². The predicted octanol–water partition coefficient (Wildman–Crippen LogP) is 1.72. The van der Waals surface area contributed by atoms with E-state index in [-0.39, 0.29) is 0 Å². The number of nitrogens with zero attached hydrogens (tertiary/aromatic N) is 6. The topological polar surface area (TPSA) is 70.1 Å². The van der Waals surface area contributed by atoms with Gasteiger partial charge in [-0.25, -0.2) is 15.0 Å². The van der Waals surface area contributed by atoms with Crippen LogP contribution in [0.25, 0.3) is 0 Å². The van der Waals surface area contributed by atoms with E-state index in [9.17, 15) is 0 Å². The Morgan fingerprint density at radius 2 is 1.96 bits per heavy atom. The Kier molecular flexibility index (Phi) is 4.55. The number of aromatic nitrogens is 4. The number of aryl methyl sites for hydroxylation is 1. The molecule has 2 aromatic rings. The molecule has 7 nitrogen and oxygen atoms in total. The van der Waals surface area contributed by atoms with Crippen molar-refractivity contribution in [2.24, 2.45) is 0 Å². The molecule has 1 fully saturated rings. The van der Waals surface area contributed by atoms with Crippen molar-refractivity contribution in [3.8, 4) is 0 Å². The molecule has 0 radical (unpaired) electrons. The normalized spacial score (nSPS) is 15.5. The molecule has 2 aromatic heterocycles. The zero-order valence-corrected chi connectivity index (χ0v) is 13.9. The van der Waals surface area contributed by atoms with E-state index in [4.69, 9.17) is 0 Å². The maximum absolute atomic E-state index is 4.55. The highest BCUT2D eigenvalue weighted by Crippen LogP contribution is 2.20. The molecule has 0 unspecified atom stereocenters. The Labute approximate surface area is 136 Å². The van der Waals surface area contributed by atoms with Crippen LogP contribution in [0.1, 0.15) is 18.5 Å². The Bertz CT molecular complexity index is 650. The summed E-state index contributed by atoms with van der Waals surface area (Å²) in [5.41, 5.74) is 0.958. The summed E-state index contributed by atoms with van der Waals surface area (Å²) in [7, 11) is 3.96. The lowest BCUT2D eigenvalue weighted by Crippen LogP contribution is -2.39. The molecule has 3 heterocycles. The smallest absolute Gasteiger partial charge is 0.147 e. The fourth-order valence-electron chi connectivity index (χ4n) is 2.74. The Hall–Kier alpha value is -2.44. The van der Waals surface area contributed by atoms with E-state index in [1.807, 2.05) is 38.2 Å². The van der Waals surface area contributed by atoms with Gasteiger partial charge in [-0.1, -0.05) is 0 Å². The van der Waals surface area contributed by atoms with Gasteiger partial charge in [0.15, 0.2) is 0 Å². The lowest BCUT2D eigenvalue weighted by molar-refractivity contribution is 0.521. The van der Waals surface area contributed by atoms with Crippen molar-refractivity contribution in [3.05, 3.63) is 30.5 Å². The third-order valence-corrected chi connectivity index (χ3v) is 4.02. The molecule has 1 saturated heterocycles. The summed E-state index contributed by atoms with van der Waals surface area (Å²) in [6, 6.07) is 2.41. The molecule has 1 aliphatic rings. The molecule has 0 aromatic carbocycles. The van der Waals surface area contributed by atoms with E-state index in [2.05, 4.69) is 30.2 Å². The minimum Gasteiger partial charge on any atom is -0.367 e. The van der Waals surface area contributed by atoms with E-state index in [0.29, 0.717) is 6.04 Å². The lowest BCUT2D eigenvalue weighted by Gasteiger charge is -2.33. The number of rotatable bonds is 4. The van der Waals surface area contributed by atoms with E-state index in [0.717, 1.165) is 49.1 Å². The van der Waals surface area contributed by atoms with Gasteiger partial charge < -0.3 is 15.1 Å². The second-order valence-electron chi connectivity index (χ2n) is 6.08. The molecule has 0 atom stereocenters. The van der Waals surface area contributed by atoms with E-state index in [1.165, 1.54) is 0 Å². The van der Waals surface area contributed by atoms with Gasteiger partial charge in [-0.05, 0) is 19.8 Å². The summed E-state index contributed by atoms with van der Waals surface area (Å²) >= 11 is 0. The molecule has 1 aliphatic heterocycles. The van der Waals surface area contributed by atoms with Crippen molar-refractivity contribution in [2.45, 2.75) is 25.8 Å². The summed E-state index contributed by atoms with van der Waals surface area (Å²) in [4.78, 5) is 21.6. The highest BCUT2D eigenvalue weighted by Gasteiger charge is 2.20. The van der Waals surface area contributed by atoms with Crippen LogP contribution in [0.5, 0.6) is 0 Å². The fourth-order valence-corrected chi connectivity index (χ4v) is 2.74. The molecule has 0 bridgehead atoms. The molecule has 0 saturated carbocycles. The van der Waals surface area contributed by atoms with Crippen LogP contribution in [-0.2, 0) is 0 Å². The predicted molar refractivity (Wildman–Crippen MR) is 92.0 cm³/mol. The molecule has 1 N–H and O–H groups in total. The molecule has 7 heteroatoms. The van der Waals surface area contributed by atoms with Crippen molar-refractivity contribution in [3.63, 3.8) is 0 Å². The molecular formula is C16H23N7. The Morgan fingerprint density at radius 1 is 1.17 bits per heavy atom. The molecule has 0 aliphatic carbocycles. The standard InChI is InChI=1S/C16H23N7/c1-12-9-17-10-16(20-12)23-6-4-13(5-7-23)21-14-8-15(22(2)3)19-11-18-14/h8-11,13H,4-7H2,1-3H3,(H,18,19,21). The van der Waals surface area contributed by atoms with E-state index < -0.39 is 0 Å². The van der Waals surface area contributed by atoms with Crippen LogP contribution in [0.2, 0.25) is 0 Å². The van der Waals surface area contributed by atoms with E-state index in [1.54, 1.807) is 12.5 Å². The summed E-state index contributed by atoms with van der Waals surface area (Å²) < 4.78 is 0. The van der Waals surface area contributed by atoms with Crippen LogP contribution < -0.4 is 15.1 Å². The zero-order chi connectivity index (χ0) is 16.2. The van der Waals surface area contributed by atoms with Crippen molar-refractivity contribution in [1.29, 1.82) is 0 Å². The molecule has 0 amide bonds.